The van der Waals surface area contributed by atoms with Crippen molar-refractivity contribution in [1.29, 1.82) is 5.26 Å². The lowest BCUT2D eigenvalue weighted by Crippen LogP contribution is -2.27. The minimum atomic E-state index is -0.466. The van der Waals surface area contributed by atoms with Crippen LogP contribution in [0.4, 0.5) is 0 Å². The number of nitrogens with one attached hydrogen (secondary N) is 2. The molecule has 0 bridgehead atoms. The second kappa shape index (κ2) is 8.80. The van der Waals surface area contributed by atoms with Crippen molar-refractivity contribution in [3.63, 3.8) is 0 Å². The number of methoxy groups -OCH3 is 2. The highest BCUT2D eigenvalue weighted by Crippen LogP contribution is 2.30. The smallest absolute Gasteiger partial charge is 0.262 e. The Kier molecular flexibility index (Phi) is 6.20. The van der Waals surface area contributed by atoms with Crippen LogP contribution in [0.5, 0.6) is 11.5 Å². The Hall–Kier alpha value is -3.31. The molecule has 1 amide bonds. The Morgan fingerprint density at radius 2 is 2.07 bits per heavy atom. The number of hydrogen-bond acceptors (Lipinski definition) is 5. The summed E-state index contributed by atoms with van der Waals surface area (Å²) in [5, 5.41) is 13.2. The molecule has 0 aliphatic carbocycles. The molecule has 148 valence electrons. The number of pyridine rings is 1. The van der Waals surface area contributed by atoms with Crippen molar-refractivity contribution in [2.75, 3.05) is 14.2 Å². The van der Waals surface area contributed by atoms with Gasteiger partial charge in [-0.3, -0.25) is 4.79 Å². The molecule has 3 aromatic rings. The number of halogens is 1. The molecular weight excluding hydrogens is 436 g/mol. The molecule has 29 heavy (non-hydrogen) atoms. The number of carbonyl (C=O) groups excluding carboxylic acids is 1. The van der Waals surface area contributed by atoms with Crippen LogP contribution < -0.4 is 14.8 Å². The number of fused-ring (bicyclic) bond motifs is 1. The minimum Gasteiger partial charge on any atom is -0.493 e. The number of H-pyrrole nitrogens is 1. The number of rotatable bonds is 6. The maximum absolute atomic E-state index is 12.7. The van der Waals surface area contributed by atoms with Crippen LogP contribution in [0.15, 0.2) is 46.7 Å². The zero-order valence-electron chi connectivity index (χ0n) is 16.1. The van der Waals surface area contributed by atoms with E-state index in [0.29, 0.717) is 22.7 Å². The van der Waals surface area contributed by atoms with Gasteiger partial charge in [0.1, 0.15) is 17.3 Å². The average Bonchev–Trinajstić information content (AvgIpc) is 3.12. The number of ether oxygens (including phenoxy) is 2. The minimum absolute atomic E-state index is 0.00166. The zero-order chi connectivity index (χ0) is 21.0. The molecule has 7 nitrogen and oxygen atoms in total. The molecule has 2 heterocycles. The molecule has 1 aromatic carbocycles. The van der Waals surface area contributed by atoms with Gasteiger partial charge in [-0.05, 0) is 52.7 Å². The van der Waals surface area contributed by atoms with Crippen LogP contribution in [-0.4, -0.2) is 30.1 Å². The van der Waals surface area contributed by atoms with Gasteiger partial charge in [-0.25, -0.2) is 4.98 Å². The highest BCUT2D eigenvalue weighted by Gasteiger charge is 2.16. The van der Waals surface area contributed by atoms with Crippen molar-refractivity contribution in [2.24, 2.45) is 0 Å². The van der Waals surface area contributed by atoms with Gasteiger partial charge in [-0.15, -0.1) is 0 Å². The third-order valence-corrected chi connectivity index (χ3v) is 4.88. The van der Waals surface area contributed by atoms with Gasteiger partial charge in [-0.1, -0.05) is 6.07 Å². The first-order chi connectivity index (χ1) is 14.0. The summed E-state index contributed by atoms with van der Waals surface area (Å²) in [4.78, 5) is 20.0. The molecule has 0 saturated carbocycles. The highest BCUT2D eigenvalue weighted by molar-refractivity contribution is 9.10. The largest absolute Gasteiger partial charge is 0.493 e. The number of nitrogens with zero attached hydrogens (tertiary/aromatic N) is 2. The first-order valence-corrected chi connectivity index (χ1v) is 9.53. The van der Waals surface area contributed by atoms with Crippen molar-refractivity contribution in [3.05, 3.63) is 57.8 Å². The number of carbonyl (C=O) groups is 1. The molecule has 1 atom stereocenters. The van der Waals surface area contributed by atoms with Crippen LogP contribution in [0.1, 0.15) is 24.1 Å². The maximum atomic E-state index is 12.7. The van der Waals surface area contributed by atoms with Crippen molar-refractivity contribution < 1.29 is 14.3 Å². The SMILES string of the molecule is COc1ccc(C(C)NC(=O)/C(C#N)=C/c2c[nH]c3ncc(Br)cc23)cc1OC. The summed E-state index contributed by atoms with van der Waals surface area (Å²) in [6.45, 7) is 1.83. The molecule has 3 rings (SSSR count). The quantitative estimate of drug-likeness (QED) is 0.430. The fourth-order valence-corrected chi connectivity index (χ4v) is 3.23. The van der Waals surface area contributed by atoms with Gasteiger partial charge in [0.25, 0.3) is 5.91 Å². The summed E-state index contributed by atoms with van der Waals surface area (Å²) in [5.41, 5.74) is 2.21. The molecule has 0 radical (unpaired) electrons. The van der Waals surface area contributed by atoms with Crippen molar-refractivity contribution in [2.45, 2.75) is 13.0 Å². The summed E-state index contributed by atoms with van der Waals surface area (Å²) >= 11 is 3.38. The van der Waals surface area contributed by atoms with Crippen LogP contribution in [0.2, 0.25) is 0 Å². The predicted octanol–water partition coefficient (Wildman–Crippen LogP) is 4.13. The molecule has 2 N–H and O–H groups in total. The maximum Gasteiger partial charge on any atom is 0.262 e. The van der Waals surface area contributed by atoms with Gasteiger partial charge in [0, 0.05) is 27.8 Å². The summed E-state index contributed by atoms with van der Waals surface area (Å²) in [5.74, 6) is 0.706. The number of benzene rings is 1. The van der Waals surface area contributed by atoms with Gasteiger partial charge < -0.3 is 19.8 Å². The molecule has 0 aliphatic heterocycles. The van der Waals surface area contributed by atoms with Crippen molar-refractivity contribution in [3.8, 4) is 17.6 Å². The Morgan fingerprint density at radius 3 is 2.76 bits per heavy atom. The second-order valence-electron chi connectivity index (χ2n) is 6.27. The van der Waals surface area contributed by atoms with E-state index < -0.39 is 5.91 Å². The predicted molar refractivity (Wildman–Crippen MR) is 113 cm³/mol. The molecule has 8 heteroatoms. The Labute approximate surface area is 176 Å². The van der Waals surface area contributed by atoms with E-state index in [9.17, 15) is 10.1 Å². The number of aromatic nitrogens is 2. The molecule has 0 saturated heterocycles. The van der Waals surface area contributed by atoms with E-state index in [1.807, 2.05) is 25.1 Å². The normalized spacial score (nSPS) is 12.3. The lowest BCUT2D eigenvalue weighted by atomic mass is 10.1. The third-order valence-electron chi connectivity index (χ3n) is 4.45. The van der Waals surface area contributed by atoms with Crippen molar-refractivity contribution >= 4 is 38.9 Å². The summed E-state index contributed by atoms with van der Waals surface area (Å²) in [7, 11) is 3.11. The van der Waals surface area contributed by atoms with Crippen LogP contribution >= 0.6 is 15.9 Å². The molecule has 0 spiro atoms. The molecule has 2 aromatic heterocycles. The monoisotopic (exact) mass is 454 g/mol. The highest BCUT2D eigenvalue weighted by atomic mass is 79.9. The number of nitriles is 1. The van der Waals surface area contributed by atoms with E-state index >= 15 is 0 Å². The Balaban J connectivity index is 1.83. The molecule has 0 fully saturated rings. The van der Waals surface area contributed by atoms with Gasteiger partial charge >= 0.3 is 0 Å². The molecule has 1 unspecified atom stereocenters. The van der Waals surface area contributed by atoms with Crippen LogP contribution in [0.3, 0.4) is 0 Å². The fraction of sp³-hybridized carbons (Fsp3) is 0.190. The number of hydrogen-bond donors (Lipinski definition) is 2. The van der Waals surface area contributed by atoms with E-state index in [4.69, 9.17) is 9.47 Å². The topological polar surface area (TPSA) is 100 Å². The van der Waals surface area contributed by atoms with Crippen LogP contribution in [0.25, 0.3) is 17.1 Å². The standard InChI is InChI=1S/C21H19BrN4O3/c1-12(13-4-5-18(28-2)19(7-13)29-3)26-21(27)14(9-23)6-15-10-24-20-17(15)8-16(22)11-25-20/h4-8,10-12H,1-3H3,(H,24,25)(H,26,27)/b14-6+. The lowest BCUT2D eigenvalue weighted by Gasteiger charge is -2.16. The molecular formula is C21H19BrN4O3. The van der Waals surface area contributed by atoms with E-state index in [0.717, 1.165) is 15.4 Å². The first kappa shape index (κ1) is 20.4. The van der Waals surface area contributed by atoms with Gasteiger partial charge in [0.05, 0.1) is 20.3 Å². The third kappa shape index (κ3) is 4.41. The molecule has 0 aliphatic rings. The Bertz CT molecular complexity index is 1130. The number of amides is 1. The zero-order valence-corrected chi connectivity index (χ0v) is 17.7. The van der Waals surface area contributed by atoms with Gasteiger partial charge in [0.15, 0.2) is 11.5 Å². The van der Waals surface area contributed by atoms with E-state index in [2.05, 4.69) is 31.2 Å². The lowest BCUT2D eigenvalue weighted by molar-refractivity contribution is -0.117. The fourth-order valence-electron chi connectivity index (χ4n) is 2.90. The second-order valence-corrected chi connectivity index (χ2v) is 7.19. The number of aromatic amines is 1. The van der Waals surface area contributed by atoms with Gasteiger partial charge in [0.2, 0.25) is 0 Å². The van der Waals surface area contributed by atoms with Crippen molar-refractivity contribution in [1.82, 2.24) is 15.3 Å². The summed E-state index contributed by atoms with van der Waals surface area (Å²) in [6.07, 6.45) is 4.94. The van der Waals surface area contributed by atoms with E-state index in [-0.39, 0.29) is 11.6 Å². The summed E-state index contributed by atoms with van der Waals surface area (Å²) in [6, 6.07) is 8.92. The Morgan fingerprint density at radius 1 is 1.31 bits per heavy atom. The van der Waals surface area contributed by atoms with E-state index in [1.54, 1.807) is 44.8 Å². The van der Waals surface area contributed by atoms with Gasteiger partial charge in [-0.2, -0.15) is 5.26 Å². The average molecular weight is 455 g/mol. The van der Waals surface area contributed by atoms with Crippen LogP contribution in [0, 0.1) is 11.3 Å². The summed E-state index contributed by atoms with van der Waals surface area (Å²) < 4.78 is 11.4. The van der Waals surface area contributed by atoms with E-state index in [1.165, 1.54) is 0 Å². The first-order valence-electron chi connectivity index (χ1n) is 8.74. The van der Waals surface area contributed by atoms with Crippen LogP contribution in [-0.2, 0) is 4.79 Å².